The Morgan fingerprint density at radius 1 is 1.38 bits per heavy atom. The van der Waals surface area contributed by atoms with E-state index in [4.69, 9.17) is 0 Å². The third-order valence-electron chi connectivity index (χ3n) is 3.95. The van der Waals surface area contributed by atoms with Gasteiger partial charge in [-0.1, -0.05) is 12.1 Å². The highest BCUT2D eigenvalue weighted by Crippen LogP contribution is 2.32. The molecule has 1 aromatic heterocycles. The molecular weight excluding hydrogens is 272 g/mol. The lowest BCUT2D eigenvalue weighted by molar-refractivity contribution is -0.134. The average molecular weight is 286 g/mol. The summed E-state index contributed by atoms with van der Waals surface area (Å²) in [6, 6.07) is 7.01. The molecule has 1 atom stereocenters. The molecule has 0 bridgehead atoms. The number of piperidine rings is 1. The van der Waals surface area contributed by atoms with E-state index in [9.17, 15) is 19.5 Å². The molecule has 2 heterocycles. The fourth-order valence-electron chi connectivity index (χ4n) is 2.88. The molecule has 21 heavy (non-hydrogen) atoms. The zero-order valence-electron chi connectivity index (χ0n) is 11.4. The average Bonchev–Trinajstić information content (AvgIpc) is 2.77. The number of carbonyl (C=O) groups excluding carboxylic acids is 2. The van der Waals surface area contributed by atoms with Crippen LogP contribution in [0.2, 0.25) is 0 Å². The van der Waals surface area contributed by atoms with Crippen molar-refractivity contribution in [2.75, 3.05) is 0 Å². The Hall–Kier alpha value is -2.63. The van der Waals surface area contributed by atoms with Crippen LogP contribution < -0.4 is 5.32 Å². The number of nitrogens with one attached hydrogen (secondary N) is 1. The fourth-order valence-corrected chi connectivity index (χ4v) is 2.88. The molecule has 6 nitrogen and oxygen atoms in total. The minimum absolute atomic E-state index is 0.171. The van der Waals surface area contributed by atoms with Crippen LogP contribution in [0, 0.1) is 0 Å². The Morgan fingerprint density at radius 3 is 2.81 bits per heavy atom. The van der Waals surface area contributed by atoms with E-state index in [1.54, 1.807) is 23.7 Å². The molecule has 0 radical (unpaired) electrons. The summed E-state index contributed by atoms with van der Waals surface area (Å²) in [7, 11) is 1.68. The number of hydrogen-bond acceptors (Lipinski definition) is 3. The van der Waals surface area contributed by atoms with Crippen molar-refractivity contribution in [1.82, 2.24) is 9.88 Å². The van der Waals surface area contributed by atoms with Gasteiger partial charge in [-0.2, -0.15) is 0 Å². The first-order valence-electron chi connectivity index (χ1n) is 6.64. The van der Waals surface area contributed by atoms with E-state index in [2.05, 4.69) is 5.32 Å². The number of aromatic carboxylic acids is 1. The van der Waals surface area contributed by atoms with Gasteiger partial charge in [0.1, 0.15) is 5.69 Å². The minimum Gasteiger partial charge on any atom is -0.477 e. The van der Waals surface area contributed by atoms with Crippen LogP contribution in [0.15, 0.2) is 24.3 Å². The van der Waals surface area contributed by atoms with Gasteiger partial charge >= 0.3 is 5.97 Å². The molecule has 1 aliphatic heterocycles. The number of aryl methyl sites for hydroxylation is 1. The van der Waals surface area contributed by atoms with E-state index < -0.39 is 11.9 Å². The van der Waals surface area contributed by atoms with E-state index in [0.717, 1.165) is 16.5 Å². The number of hydrogen-bond donors (Lipinski definition) is 2. The van der Waals surface area contributed by atoms with E-state index in [1.165, 1.54) is 0 Å². The summed E-state index contributed by atoms with van der Waals surface area (Å²) < 4.78 is 1.59. The second kappa shape index (κ2) is 4.73. The summed E-state index contributed by atoms with van der Waals surface area (Å²) >= 11 is 0. The summed E-state index contributed by atoms with van der Waals surface area (Å²) in [4.78, 5) is 34.5. The number of aromatic nitrogens is 1. The molecule has 1 aliphatic rings. The number of carboxylic acid groups (broad SMARTS) is 1. The molecule has 3 rings (SSSR count). The van der Waals surface area contributed by atoms with Crippen LogP contribution in [0.3, 0.4) is 0 Å². The SMILES string of the molecule is Cn1c(C(=O)O)cc2c(C3CCC(=O)NC3=O)cccc21. The summed E-state index contributed by atoms with van der Waals surface area (Å²) in [5.41, 5.74) is 1.69. The van der Waals surface area contributed by atoms with Gasteiger partial charge in [-0.15, -0.1) is 0 Å². The molecule has 6 heteroatoms. The molecule has 2 N–H and O–H groups in total. The second-order valence-corrected chi connectivity index (χ2v) is 5.18. The lowest BCUT2D eigenvalue weighted by Crippen LogP contribution is -2.39. The van der Waals surface area contributed by atoms with Crippen molar-refractivity contribution in [2.24, 2.45) is 7.05 Å². The number of carbonyl (C=O) groups is 3. The van der Waals surface area contributed by atoms with E-state index >= 15 is 0 Å². The molecule has 1 saturated heterocycles. The maximum atomic E-state index is 12.0. The molecule has 1 aromatic carbocycles. The first-order valence-corrected chi connectivity index (χ1v) is 6.64. The maximum absolute atomic E-state index is 12.0. The standard InChI is InChI=1S/C15H14N2O4/c1-17-11-4-2-3-8(10(11)7-12(17)15(20)21)9-5-6-13(18)16-14(9)19/h2-4,7,9H,5-6H2,1H3,(H,20,21)(H,16,18,19). The molecule has 0 aliphatic carbocycles. The monoisotopic (exact) mass is 286 g/mol. The predicted molar refractivity (Wildman–Crippen MR) is 75.0 cm³/mol. The number of imide groups is 1. The van der Waals surface area contributed by atoms with Crippen molar-refractivity contribution < 1.29 is 19.5 Å². The summed E-state index contributed by atoms with van der Waals surface area (Å²) in [5.74, 6) is -2.01. The highest BCUT2D eigenvalue weighted by Gasteiger charge is 2.29. The highest BCUT2D eigenvalue weighted by molar-refractivity contribution is 6.04. The van der Waals surface area contributed by atoms with Crippen LogP contribution in [0.4, 0.5) is 0 Å². The molecule has 108 valence electrons. The minimum atomic E-state index is -1.01. The second-order valence-electron chi connectivity index (χ2n) is 5.18. The molecule has 2 amide bonds. The number of carboxylic acids is 1. The molecule has 0 spiro atoms. The Bertz CT molecular complexity index is 775. The van der Waals surface area contributed by atoms with Gasteiger partial charge in [-0.3, -0.25) is 14.9 Å². The summed E-state index contributed by atoms with van der Waals surface area (Å²) in [6.07, 6.45) is 0.743. The summed E-state index contributed by atoms with van der Waals surface area (Å²) in [5, 5.41) is 12.3. The van der Waals surface area contributed by atoms with Crippen LogP contribution in [-0.2, 0) is 16.6 Å². The van der Waals surface area contributed by atoms with Crippen LogP contribution in [-0.4, -0.2) is 27.5 Å². The van der Waals surface area contributed by atoms with E-state index in [-0.39, 0.29) is 17.5 Å². The van der Waals surface area contributed by atoms with Gasteiger partial charge in [0, 0.05) is 24.4 Å². The quantitative estimate of drug-likeness (QED) is 0.817. The number of benzene rings is 1. The zero-order chi connectivity index (χ0) is 15.1. The highest BCUT2D eigenvalue weighted by atomic mass is 16.4. The van der Waals surface area contributed by atoms with Crippen LogP contribution in [0.5, 0.6) is 0 Å². The van der Waals surface area contributed by atoms with Gasteiger partial charge < -0.3 is 9.67 Å². The third kappa shape index (κ3) is 2.08. The van der Waals surface area contributed by atoms with Crippen LogP contribution in [0.25, 0.3) is 10.9 Å². The molecular formula is C15H14N2O4. The lowest BCUT2D eigenvalue weighted by Gasteiger charge is -2.21. The Labute approximate surface area is 120 Å². The predicted octanol–water partition coefficient (Wildman–Crippen LogP) is 1.40. The first kappa shape index (κ1) is 13.4. The van der Waals surface area contributed by atoms with E-state index in [0.29, 0.717) is 12.8 Å². The Balaban J connectivity index is 2.15. The number of nitrogens with zero attached hydrogens (tertiary/aromatic N) is 1. The molecule has 1 fully saturated rings. The van der Waals surface area contributed by atoms with Crippen molar-refractivity contribution in [3.8, 4) is 0 Å². The van der Waals surface area contributed by atoms with Gasteiger partial charge in [0.25, 0.3) is 0 Å². The van der Waals surface area contributed by atoms with E-state index in [1.807, 2.05) is 12.1 Å². The van der Waals surface area contributed by atoms with Gasteiger partial charge in [0.15, 0.2) is 0 Å². The van der Waals surface area contributed by atoms with Gasteiger partial charge in [0.2, 0.25) is 11.8 Å². The maximum Gasteiger partial charge on any atom is 0.352 e. The molecule has 2 aromatic rings. The van der Waals surface area contributed by atoms with Gasteiger partial charge in [0.05, 0.1) is 5.92 Å². The van der Waals surface area contributed by atoms with Crippen LogP contribution in [0.1, 0.15) is 34.8 Å². The number of amides is 2. The van der Waals surface area contributed by atoms with Gasteiger partial charge in [-0.25, -0.2) is 4.79 Å². The van der Waals surface area contributed by atoms with Crippen LogP contribution >= 0.6 is 0 Å². The zero-order valence-corrected chi connectivity index (χ0v) is 11.4. The van der Waals surface area contributed by atoms with Gasteiger partial charge in [-0.05, 0) is 24.1 Å². The van der Waals surface area contributed by atoms with Crippen molar-refractivity contribution in [1.29, 1.82) is 0 Å². The number of rotatable bonds is 2. The lowest BCUT2D eigenvalue weighted by atomic mass is 9.88. The van der Waals surface area contributed by atoms with Crippen molar-refractivity contribution in [3.05, 3.63) is 35.5 Å². The molecule has 0 saturated carbocycles. The largest absolute Gasteiger partial charge is 0.477 e. The summed E-state index contributed by atoms with van der Waals surface area (Å²) in [6.45, 7) is 0. The van der Waals surface area contributed by atoms with Crippen molar-refractivity contribution in [3.63, 3.8) is 0 Å². The fraction of sp³-hybridized carbons (Fsp3) is 0.267. The Morgan fingerprint density at radius 2 is 2.14 bits per heavy atom. The first-order chi connectivity index (χ1) is 9.99. The number of fused-ring (bicyclic) bond motifs is 1. The third-order valence-corrected chi connectivity index (χ3v) is 3.95. The van der Waals surface area contributed by atoms with Crippen molar-refractivity contribution >= 4 is 28.7 Å². The van der Waals surface area contributed by atoms with Crippen molar-refractivity contribution in [2.45, 2.75) is 18.8 Å². The Kier molecular flexibility index (Phi) is 3.01. The topological polar surface area (TPSA) is 88.4 Å². The normalized spacial score (nSPS) is 18.8. The smallest absolute Gasteiger partial charge is 0.352 e. The molecule has 1 unspecified atom stereocenters.